The zero-order valence-corrected chi connectivity index (χ0v) is 8.42. The van der Waals surface area contributed by atoms with Crippen molar-refractivity contribution in [3.63, 3.8) is 0 Å². The number of rotatable bonds is 4. The Bertz CT molecular complexity index is 260. The lowest BCUT2D eigenvalue weighted by Gasteiger charge is -2.16. The second-order valence-electron chi connectivity index (χ2n) is 3.93. The third kappa shape index (κ3) is 4.10. The van der Waals surface area contributed by atoms with Crippen molar-refractivity contribution in [2.24, 2.45) is 0 Å². The van der Waals surface area contributed by atoms with Gasteiger partial charge in [-0.3, -0.25) is 0 Å². The lowest BCUT2D eigenvalue weighted by Crippen LogP contribution is -2.34. The summed E-state index contributed by atoms with van der Waals surface area (Å²) in [4.78, 5) is 0. The van der Waals surface area contributed by atoms with Crippen LogP contribution in [-0.2, 0) is 6.54 Å². The molecular formula is C10H17NO2. The fourth-order valence-electron chi connectivity index (χ4n) is 1.07. The van der Waals surface area contributed by atoms with Gasteiger partial charge in [-0.05, 0) is 32.9 Å². The average Bonchev–Trinajstić information content (AvgIpc) is 2.33. The summed E-state index contributed by atoms with van der Waals surface area (Å²) in [6.07, 6.45) is 0. The Balaban J connectivity index is 2.28. The van der Waals surface area contributed by atoms with E-state index < -0.39 is 5.60 Å². The van der Waals surface area contributed by atoms with Crippen molar-refractivity contribution in [2.75, 3.05) is 6.54 Å². The molecule has 1 aromatic rings. The number of furan rings is 1. The highest BCUT2D eigenvalue weighted by Gasteiger charge is 2.11. The summed E-state index contributed by atoms with van der Waals surface area (Å²) in [7, 11) is 0. The average molecular weight is 183 g/mol. The van der Waals surface area contributed by atoms with E-state index in [0.717, 1.165) is 11.5 Å². The van der Waals surface area contributed by atoms with Crippen molar-refractivity contribution >= 4 is 0 Å². The van der Waals surface area contributed by atoms with E-state index in [4.69, 9.17) is 4.42 Å². The molecule has 0 aromatic carbocycles. The van der Waals surface area contributed by atoms with E-state index >= 15 is 0 Å². The molecule has 0 saturated carbocycles. The van der Waals surface area contributed by atoms with Gasteiger partial charge in [0.15, 0.2) is 0 Å². The van der Waals surface area contributed by atoms with Crippen molar-refractivity contribution in [3.05, 3.63) is 23.7 Å². The third-order valence-electron chi connectivity index (χ3n) is 1.65. The lowest BCUT2D eigenvalue weighted by atomic mass is 10.1. The molecule has 3 nitrogen and oxygen atoms in total. The molecule has 0 fully saturated rings. The first-order valence-corrected chi connectivity index (χ1v) is 4.46. The van der Waals surface area contributed by atoms with Gasteiger partial charge < -0.3 is 14.8 Å². The topological polar surface area (TPSA) is 45.4 Å². The van der Waals surface area contributed by atoms with Crippen LogP contribution < -0.4 is 5.32 Å². The van der Waals surface area contributed by atoms with E-state index in [0.29, 0.717) is 13.1 Å². The van der Waals surface area contributed by atoms with Gasteiger partial charge in [-0.15, -0.1) is 0 Å². The van der Waals surface area contributed by atoms with Crippen LogP contribution in [0.25, 0.3) is 0 Å². The van der Waals surface area contributed by atoms with Crippen LogP contribution in [0, 0.1) is 6.92 Å². The van der Waals surface area contributed by atoms with E-state index in [1.54, 1.807) is 13.8 Å². The lowest BCUT2D eigenvalue weighted by molar-refractivity contribution is 0.0790. The van der Waals surface area contributed by atoms with E-state index in [2.05, 4.69) is 5.32 Å². The summed E-state index contributed by atoms with van der Waals surface area (Å²) in [6.45, 7) is 6.69. The van der Waals surface area contributed by atoms with Gasteiger partial charge in [0.1, 0.15) is 11.5 Å². The minimum Gasteiger partial charge on any atom is -0.465 e. The number of nitrogens with one attached hydrogen (secondary N) is 1. The quantitative estimate of drug-likeness (QED) is 0.742. The summed E-state index contributed by atoms with van der Waals surface area (Å²) in [5.41, 5.74) is -0.665. The summed E-state index contributed by atoms with van der Waals surface area (Å²) in [5, 5.41) is 12.5. The first kappa shape index (κ1) is 10.3. The Morgan fingerprint density at radius 1 is 1.46 bits per heavy atom. The van der Waals surface area contributed by atoms with Crippen molar-refractivity contribution in [2.45, 2.75) is 32.9 Å². The third-order valence-corrected chi connectivity index (χ3v) is 1.65. The molecule has 0 spiro atoms. The molecule has 13 heavy (non-hydrogen) atoms. The van der Waals surface area contributed by atoms with Gasteiger partial charge in [-0.2, -0.15) is 0 Å². The van der Waals surface area contributed by atoms with Gasteiger partial charge >= 0.3 is 0 Å². The van der Waals surface area contributed by atoms with Crippen LogP contribution in [0.2, 0.25) is 0 Å². The number of aryl methyl sites for hydroxylation is 1. The highest BCUT2D eigenvalue weighted by molar-refractivity contribution is 5.05. The molecule has 0 bridgehead atoms. The van der Waals surface area contributed by atoms with Crippen molar-refractivity contribution in [3.8, 4) is 0 Å². The first-order chi connectivity index (χ1) is 5.97. The zero-order valence-electron chi connectivity index (χ0n) is 8.42. The van der Waals surface area contributed by atoms with E-state index in [-0.39, 0.29) is 0 Å². The van der Waals surface area contributed by atoms with Crippen molar-refractivity contribution in [1.82, 2.24) is 5.32 Å². The molecule has 0 saturated heterocycles. The molecule has 0 aliphatic rings. The molecule has 0 radical (unpaired) electrons. The van der Waals surface area contributed by atoms with Crippen LogP contribution in [-0.4, -0.2) is 17.3 Å². The maximum absolute atomic E-state index is 9.41. The second kappa shape index (κ2) is 3.94. The summed E-state index contributed by atoms with van der Waals surface area (Å²) in [5.74, 6) is 1.82. The Labute approximate surface area is 78.8 Å². The van der Waals surface area contributed by atoms with Gasteiger partial charge in [0, 0.05) is 6.54 Å². The number of aliphatic hydroxyl groups is 1. The SMILES string of the molecule is Cc1ccc(CNCC(C)(C)O)o1. The normalized spacial score (nSPS) is 12.0. The minimum absolute atomic E-state index is 0.562. The van der Waals surface area contributed by atoms with E-state index in [9.17, 15) is 5.11 Å². The molecule has 0 amide bonds. The molecule has 1 aromatic heterocycles. The molecule has 74 valence electrons. The molecule has 0 aliphatic heterocycles. The van der Waals surface area contributed by atoms with Crippen LogP contribution in [0.1, 0.15) is 25.4 Å². The van der Waals surface area contributed by atoms with E-state index in [1.807, 2.05) is 19.1 Å². The van der Waals surface area contributed by atoms with Crippen LogP contribution >= 0.6 is 0 Å². The summed E-state index contributed by atoms with van der Waals surface area (Å²) in [6, 6.07) is 3.87. The predicted octanol–water partition coefficient (Wildman–Crippen LogP) is 1.45. The van der Waals surface area contributed by atoms with Gasteiger partial charge in [0.2, 0.25) is 0 Å². The van der Waals surface area contributed by atoms with Gasteiger partial charge in [0.05, 0.1) is 12.1 Å². The maximum Gasteiger partial charge on any atom is 0.117 e. The van der Waals surface area contributed by atoms with Gasteiger partial charge in [0.25, 0.3) is 0 Å². The minimum atomic E-state index is -0.665. The zero-order chi connectivity index (χ0) is 9.90. The smallest absolute Gasteiger partial charge is 0.117 e. The summed E-state index contributed by atoms with van der Waals surface area (Å²) < 4.78 is 5.35. The molecule has 0 unspecified atom stereocenters. The van der Waals surface area contributed by atoms with Crippen molar-refractivity contribution in [1.29, 1.82) is 0 Å². The van der Waals surface area contributed by atoms with Crippen LogP contribution in [0.4, 0.5) is 0 Å². The van der Waals surface area contributed by atoms with Crippen LogP contribution in [0.3, 0.4) is 0 Å². The standard InChI is InChI=1S/C10H17NO2/c1-8-4-5-9(13-8)6-11-7-10(2,3)12/h4-5,11-12H,6-7H2,1-3H3. The Hall–Kier alpha value is -0.800. The molecular weight excluding hydrogens is 166 g/mol. The van der Waals surface area contributed by atoms with E-state index in [1.165, 1.54) is 0 Å². The molecule has 0 atom stereocenters. The Morgan fingerprint density at radius 3 is 2.62 bits per heavy atom. The fraction of sp³-hybridized carbons (Fsp3) is 0.600. The molecule has 0 aliphatic carbocycles. The molecule has 3 heteroatoms. The molecule has 2 N–H and O–H groups in total. The number of hydrogen-bond donors (Lipinski definition) is 2. The van der Waals surface area contributed by atoms with Crippen LogP contribution in [0.15, 0.2) is 16.5 Å². The monoisotopic (exact) mass is 183 g/mol. The first-order valence-electron chi connectivity index (χ1n) is 4.46. The Kier molecular flexibility index (Phi) is 3.12. The molecule has 1 rings (SSSR count). The predicted molar refractivity (Wildman–Crippen MR) is 51.4 cm³/mol. The maximum atomic E-state index is 9.41. The van der Waals surface area contributed by atoms with Gasteiger partial charge in [-0.25, -0.2) is 0 Å². The highest BCUT2D eigenvalue weighted by Crippen LogP contribution is 2.06. The molecule has 1 heterocycles. The van der Waals surface area contributed by atoms with Crippen LogP contribution in [0.5, 0.6) is 0 Å². The fourth-order valence-corrected chi connectivity index (χ4v) is 1.07. The second-order valence-corrected chi connectivity index (χ2v) is 3.93. The number of hydrogen-bond acceptors (Lipinski definition) is 3. The largest absolute Gasteiger partial charge is 0.465 e. The Morgan fingerprint density at radius 2 is 2.15 bits per heavy atom. The highest BCUT2D eigenvalue weighted by atomic mass is 16.3. The summed E-state index contributed by atoms with van der Waals surface area (Å²) >= 11 is 0. The van der Waals surface area contributed by atoms with Crippen molar-refractivity contribution < 1.29 is 9.52 Å². The van der Waals surface area contributed by atoms with Gasteiger partial charge in [-0.1, -0.05) is 0 Å².